The molecular formula is C17H20. The molecule has 0 heteroatoms. The molecule has 1 aliphatic rings. The fraction of sp³-hybridized carbons (Fsp3) is 0.294. The molecule has 0 amide bonds. The monoisotopic (exact) mass is 224 g/mol. The first-order valence-electron chi connectivity index (χ1n) is 6.27. The Morgan fingerprint density at radius 2 is 1.76 bits per heavy atom. The number of rotatable bonds is 2. The highest BCUT2D eigenvalue weighted by molar-refractivity contribution is 5.63. The average Bonchev–Trinajstić information content (AvgIpc) is 2.35. The van der Waals surface area contributed by atoms with Crippen molar-refractivity contribution in [2.45, 2.75) is 33.6 Å². The van der Waals surface area contributed by atoms with E-state index in [2.05, 4.69) is 63.3 Å². The molecule has 0 radical (unpaired) electrons. The van der Waals surface area contributed by atoms with Crippen LogP contribution in [0.5, 0.6) is 0 Å². The third-order valence-corrected chi connectivity index (χ3v) is 3.22. The lowest BCUT2D eigenvalue weighted by molar-refractivity contribution is 0.933. The van der Waals surface area contributed by atoms with Gasteiger partial charge in [0.15, 0.2) is 0 Å². The Hall–Kier alpha value is -1.56. The van der Waals surface area contributed by atoms with Gasteiger partial charge in [-0.2, -0.15) is 0 Å². The molecule has 0 aliphatic heterocycles. The molecule has 0 fully saturated rings. The molecule has 0 saturated heterocycles. The minimum atomic E-state index is 1.16. The van der Waals surface area contributed by atoms with Crippen molar-refractivity contribution in [2.24, 2.45) is 0 Å². The molecule has 1 aromatic rings. The molecule has 0 bridgehead atoms. The summed E-state index contributed by atoms with van der Waals surface area (Å²) in [5.74, 6) is 0. The second-order valence-electron chi connectivity index (χ2n) is 4.96. The average molecular weight is 224 g/mol. The van der Waals surface area contributed by atoms with Gasteiger partial charge in [0.25, 0.3) is 0 Å². The number of aryl methyl sites for hydroxylation is 1. The summed E-state index contributed by atoms with van der Waals surface area (Å²) in [5.41, 5.74) is 7.08. The van der Waals surface area contributed by atoms with Gasteiger partial charge in [0.1, 0.15) is 0 Å². The Bertz CT molecular complexity index is 495. The quantitative estimate of drug-likeness (QED) is 0.625. The fourth-order valence-corrected chi connectivity index (χ4v) is 2.14. The molecule has 1 aliphatic carbocycles. The van der Waals surface area contributed by atoms with Crippen molar-refractivity contribution in [3.05, 3.63) is 64.3 Å². The summed E-state index contributed by atoms with van der Waals surface area (Å²) >= 11 is 0. The van der Waals surface area contributed by atoms with Crippen LogP contribution in [0.25, 0.3) is 6.08 Å². The van der Waals surface area contributed by atoms with Gasteiger partial charge in [0.05, 0.1) is 0 Å². The third-order valence-electron chi connectivity index (χ3n) is 3.22. The molecule has 0 aromatic heterocycles. The van der Waals surface area contributed by atoms with Crippen molar-refractivity contribution in [2.75, 3.05) is 0 Å². The zero-order valence-electron chi connectivity index (χ0n) is 11.0. The standard InChI is InChI=1S/C17H20/c1-13(2)8-9-14(3)16-11-10-15-6-4-5-7-17(15)12-16/h4-9,12H,10-11H2,1-3H3/b14-9+. The predicted octanol–water partition coefficient (Wildman–Crippen LogP) is 4.93. The Balaban J connectivity index is 2.28. The van der Waals surface area contributed by atoms with Gasteiger partial charge in [0, 0.05) is 0 Å². The van der Waals surface area contributed by atoms with Gasteiger partial charge in [-0.25, -0.2) is 0 Å². The van der Waals surface area contributed by atoms with Crippen molar-refractivity contribution in [1.82, 2.24) is 0 Å². The largest absolute Gasteiger partial charge is 0.0764 e. The summed E-state index contributed by atoms with van der Waals surface area (Å²) < 4.78 is 0. The highest BCUT2D eigenvalue weighted by atomic mass is 14.1. The number of hydrogen-bond donors (Lipinski definition) is 0. The molecule has 0 saturated carbocycles. The van der Waals surface area contributed by atoms with Crippen molar-refractivity contribution in [3.8, 4) is 0 Å². The van der Waals surface area contributed by atoms with E-state index in [1.165, 1.54) is 34.3 Å². The fourth-order valence-electron chi connectivity index (χ4n) is 2.14. The van der Waals surface area contributed by atoms with E-state index in [-0.39, 0.29) is 0 Å². The molecule has 0 N–H and O–H groups in total. The van der Waals surface area contributed by atoms with Crippen LogP contribution >= 0.6 is 0 Å². The smallest absolute Gasteiger partial charge is 0.0222 e. The normalized spacial score (nSPS) is 15.0. The van der Waals surface area contributed by atoms with Crippen LogP contribution in [0.3, 0.4) is 0 Å². The Kier molecular flexibility index (Phi) is 3.63. The number of benzene rings is 1. The summed E-state index contributed by atoms with van der Waals surface area (Å²) in [7, 11) is 0. The lowest BCUT2D eigenvalue weighted by atomic mass is 9.89. The van der Waals surface area contributed by atoms with E-state index in [9.17, 15) is 0 Å². The van der Waals surface area contributed by atoms with Crippen molar-refractivity contribution < 1.29 is 0 Å². The highest BCUT2D eigenvalue weighted by Crippen LogP contribution is 2.27. The lowest BCUT2D eigenvalue weighted by Crippen LogP contribution is -1.99. The van der Waals surface area contributed by atoms with Crippen LogP contribution in [0, 0.1) is 0 Å². The van der Waals surface area contributed by atoms with E-state index < -0.39 is 0 Å². The lowest BCUT2D eigenvalue weighted by Gasteiger charge is -2.16. The second kappa shape index (κ2) is 5.18. The minimum Gasteiger partial charge on any atom is -0.0764 e. The molecule has 88 valence electrons. The topological polar surface area (TPSA) is 0 Å². The molecule has 17 heavy (non-hydrogen) atoms. The van der Waals surface area contributed by atoms with Crippen LogP contribution in [-0.2, 0) is 6.42 Å². The first kappa shape index (κ1) is 11.9. The molecule has 0 unspecified atom stereocenters. The first-order valence-corrected chi connectivity index (χ1v) is 6.27. The molecule has 0 nitrogen and oxygen atoms in total. The predicted molar refractivity (Wildman–Crippen MR) is 75.9 cm³/mol. The Morgan fingerprint density at radius 3 is 2.53 bits per heavy atom. The maximum atomic E-state index is 2.34. The van der Waals surface area contributed by atoms with E-state index in [4.69, 9.17) is 0 Å². The van der Waals surface area contributed by atoms with E-state index in [1.54, 1.807) is 0 Å². The van der Waals surface area contributed by atoms with E-state index >= 15 is 0 Å². The zero-order chi connectivity index (χ0) is 12.3. The number of hydrogen-bond acceptors (Lipinski definition) is 0. The van der Waals surface area contributed by atoms with Gasteiger partial charge in [-0.1, -0.05) is 48.1 Å². The first-order chi connectivity index (χ1) is 8.16. The summed E-state index contributed by atoms with van der Waals surface area (Å²) in [6, 6.07) is 8.69. The van der Waals surface area contributed by atoms with Gasteiger partial charge in [-0.15, -0.1) is 0 Å². The summed E-state index contributed by atoms with van der Waals surface area (Å²) in [6.45, 7) is 6.47. The highest BCUT2D eigenvalue weighted by Gasteiger charge is 2.10. The van der Waals surface area contributed by atoms with Crippen LogP contribution in [0.1, 0.15) is 38.3 Å². The molecular weight excluding hydrogens is 204 g/mol. The Labute approximate surface area is 104 Å². The van der Waals surface area contributed by atoms with Crippen molar-refractivity contribution >= 4 is 6.08 Å². The van der Waals surface area contributed by atoms with Gasteiger partial charge in [-0.3, -0.25) is 0 Å². The van der Waals surface area contributed by atoms with Gasteiger partial charge >= 0.3 is 0 Å². The SMILES string of the molecule is CC(C)=C/C=C(\C)C1=Cc2ccccc2CC1. The van der Waals surface area contributed by atoms with Crippen LogP contribution in [-0.4, -0.2) is 0 Å². The van der Waals surface area contributed by atoms with Crippen LogP contribution < -0.4 is 0 Å². The summed E-state index contributed by atoms with van der Waals surface area (Å²) in [4.78, 5) is 0. The third kappa shape index (κ3) is 2.97. The van der Waals surface area contributed by atoms with Crippen molar-refractivity contribution in [1.29, 1.82) is 0 Å². The minimum absolute atomic E-state index is 1.16. The molecule has 0 atom stereocenters. The maximum absolute atomic E-state index is 2.34. The van der Waals surface area contributed by atoms with E-state index in [1.807, 2.05) is 0 Å². The van der Waals surface area contributed by atoms with Crippen LogP contribution in [0.4, 0.5) is 0 Å². The zero-order valence-corrected chi connectivity index (χ0v) is 11.0. The van der Waals surface area contributed by atoms with E-state index in [0.717, 1.165) is 6.42 Å². The number of fused-ring (bicyclic) bond motifs is 1. The van der Waals surface area contributed by atoms with Crippen LogP contribution in [0.2, 0.25) is 0 Å². The summed E-state index contributed by atoms with van der Waals surface area (Å²) in [5, 5.41) is 0. The van der Waals surface area contributed by atoms with Crippen LogP contribution in [0.15, 0.2) is 53.1 Å². The van der Waals surface area contributed by atoms with Crippen molar-refractivity contribution in [3.63, 3.8) is 0 Å². The van der Waals surface area contributed by atoms with Gasteiger partial charge < -0.3 is 0 Å². The second-order valence-corrected chi connectivity index (χ2v) is 4.96. The molecule has 0 spiro atoms. The molecule has 2 rings (SSSR count). The summed E-state index contributed by atoms with van der Waals surface area (Å²) in [6.07, 6.45) is 9.09. The van der Waals surface area contributed by atoms with E-state index in [0.29, 0.717) is 0 Å². The maximum Gasteiger partial charge on any atom is -0.0222 e. The van der Waals surface area contributed by atoms with Gasteiger partial charge in [0.2, 0.25) is 0 Å². The van der Waals surface area contributed by atoms with Gasteiger partial charge in [-0.05, 0) is 55.9 Å². The molecule has 1 aromatic carbocycles. The molecule has 0 heterocycles. The number of allylic oxidation sites excluding steroid dienone is 5. The Morgan fingerprint density at radius 1 is 1.00 bits per heavy atom.